The Bertz CT molecular complexity index is 379. The third-order valence-electron chi connectivity index (χ3n) is 4.54. The molecule has 0 spiro atoms. The molecule has 2 rings (SSSR count). The first kappa shape index (κ1) is 13.6. The van der Waals surface area contributed by atoms with E-state index in [-0.39, 0.29) is 0 Å². The summed E-state index contributed by atoms with van der Waals surface area (Å²) in [7, 11) is 2.10. The lowest BCUT2D eigenvalue weighted by molar-refractivity contribution is 0.265. The summed E-state index contributed by atoms with van der Waals surface area (Å²) in [4.78, 5) is 0. The second kappa shape index (κ2) is 6.38. The third kappa shape index (κ3) is 2.95. The van der Waals surface area contributed by atoms with Crippen LogP contribution < -0.4 is 5.32 Å². The number of nitrogens with one attached hydrogen (secondary N) is 1. The second-order valence-corrected chi connectivity index (χ2v) is 5.61. The molecule has 0 aromatic heterocycles. The van der Waals surface area contributed by atoms with Crippen LogP contribution in [0.3, 0.4) is 0 Å². The number of benzene rings is 1. The van der Waals surface area contributed by atoms with Crippen molar-refractivity contribution in [1.29, 1.82) is 0 Å². The zero-order valence-electron chi connectivity index (χ0n) is 12.1. The molecule has 100 valence electrons. The van der Waals surface area contributed by atoms with Gasteiger partial charge in [-0.3, -0.25) is 0 Å². The molecule has 0 amide bonds. The molecule has 1 aliphatic carbocycles. The van der Waals surface area contributed by atoms with Gasteiger partial charge in [0.1, 0.15) is 0 Å². The van der Waals surface area contributed by atoms with E-state index in [1.54, 1.807) is 0 Å². The van der Waals surface area contributed by atoms with Gasteiger partial charge in [0, 0.05) is 6.04 Å². The highest BCUT2D eigenvalue weighted by Crippen LogP contribution is 2.35. The Labute approximate surface area is 112 Å². The fourth-order valence-electron chi connectivity index (χ4n) is 3.02. The maximum Gasteiger partial charge on any atom is 0.0320 e. The summed E-state index contributed by atoms with van der Waals surface area (Å²) in [6, 6.07) is 7.64. The minimum atomic E-state index is 0.548. The lowest BCUT2D eigenvalue weighted by atomic mass is 9.79. The van der Waals surface area contributed by atoms with E-state index in [1.165, 1.54) is 42.4 Å². The minimum Gasteiger partial charge on any atom is -0.313 e. The monoisotopic (exact) mass is 245 g/mol. The van der Waals surface area contributed by atoms with Crippen molar-refractivity contribution in [1.82, 2.24) is 5.32 Å². The maximum atomic E-state index is 3.51. The molecule has 0 radical (unpaired) electrons. The van der Waals surface area contributed by atoms with E-state index in [4.69, 9.17) is 0 Å². The summed E-state index contributed by atoms with van der Waals surface area (Å²) in [6.07, 6.45) is 7.92. The van der Waals surface area contributed by atoms with Crippen molar-refractivity contribution in [2.75, 3.05) is 7.05 Å². The molecule has 1 aromatic carbocycles. The van der Waals surface area contributed by atoms with Gasteiger partial charge in [-0.15, -0.1) is 0 Å². The molecule has 1 saturated carbocycles. The van der Waals surface area contributed by atoms with Crippen molar-refractivity contribution in [2.45, 2.75) is 58.4 Å². The van der Waals surface area contributed by atoms with Crippen LogP contribution in [0.1, 0.15) is 62.3 Å². The summed E-state index contributed by atoms with van der Waals surface area (Å²) in [5.74, 6) is 0.957. The first-order chi connectivity index (χ1) is 8.78. The number of hydrogen-bond acceptors (Lipinski definition) is 1. The molecule has 18 heavy (non-hydrogen) atoms. The van der Waals surface area contributed by atoms with Crippen molar-refractivity contribution < 1.29 is 0 Å². The van der Waals surface area contributed by atoms with Gasteiger partial charge >= 0.3 is 0 Å². The summed E-state index contributed by atoms with van der Waals surface area (Å²) in [5, 5.41) is 3.51. The third-order valence-corrected chi connectivity index (χ3v) is 4.54. The van der Waals surface area contributed by atoms with Gasteiger partial charge in [-0.05, 0) is 48.9 Å². The Morgan fingerprint density at radius 1 is 1.17 bits per heavy atom. The van der Waals surface area contributed by atoms with E-state index in [9.17, 15) is 0 Å². The topological polar surface area (TPSA) is 12.0 Å². The molecule has 0 bridgehead atoms. The zero-order chi connectivity index (χ0) is 13.0. The number of rotatable bonds is 6. The van der Waals surface area contributed by atoms with Crippen molar-refractivity contribution in [2.24, 2.45) is 5.92 Å². The van der Waals surface area contributed by atoms with E-state index >= 15 is 0 Å². The molecule has 1 atom stereocenters. The van der Waals surface area contributed by atoms with E-state index in [1.807, 2.05) is 0 Å². The Morgan fingerprint density at radius 2 is 1.89 bits per heavy atom. The quantitative estimate of drug-likeness (QED) is 0.789. The fraction of sp³-hybridized carbons (Fsp3) is 0.647. The summed E-state index contributed by atoms with van der Waals surface area (Å²) in [5.41, 5.74) is 4.53. The standard InChI is InChI=1S/C17H27N/c1-4-14-9-10-16(12-15(14)5-2)17(18-3)11-13-7-6-8-13/h9-10,12-13,17-18H,4-8,11H2,1-3H3. The summed E-state index contributed by atoms with van der Waals surface area (Å²) < 4.78 is 0. The van der Waals surface area contributed by atoms with Gasteiger partial charge in [-0.25, -0.2) is 0 Å². The average molecular weight is 245 g/mol. The van der Waals surface area contributed by atoms with Crippen molar-refractivity contribution >= 4 is 0 Å². The molecule has 1 aromatic rings. The molecule has 0 saturated heterocycles. The van der Waals surface area contributed by atoms with Gasteiger partial charge in [0.05, 0.1) is 0 Å². The predicted octanol–water partition coefficient (Wildman–Crippen LogP) is 4.26. The first-order valence-corrected chi connectivity index (χ1v) is 7.57. The van der Waals surface area contributed by atoms with Crippen LogP contribution in [0.25, 0.3) is 0 Å². The fourth-order valence-corrected chi connectivity index (χ4v) is 3.02. The first-order valence-electron chi connectivity index (χ1n) is 7.57. The van der Waals surface area contributed by atoms with Gasteiger partial charge in [-0.1, -0.05) is 51.3 Å². The van der Waals surface area contributed by atoms with Crippen LogP contribution in [-0.2, 0) is 12.8 Å². The van der Waals surface area contributed by atoms with Crippen molar-refractivity contribution in [3.63, 3.8) is 0 Å². The summed E-state index contributed by atoms with van der Waals surface area (Å²) in [6.45, 7) is 4.51. The lowest BCUT2D eigenvalue weighted by Crippen LogP contribution is -2.23. The van der Waals surface area contributed by atoms with Crippen molar-refractivity contribution in [3.05, 3.63) is 34.9 Å². The van der Waals surface area contributed by atoms with Crippen LogP contribution in [0.2, 0.25) is 0 Å². The van der Waals surface area contributed by atoms with E-state index in [2.05, 4.69) is 44.4 Å². The van der Waals surface area contributed by atoms with Crippen LogP contribution in [-0.4, -0.2) is 7.05 Å². The van der Waals surface area contributed by atoms with Gasteiger partial charge in [0.2, 0.25) is 0 Å². The van der Waals surface area contributed by atoms with Gasteiger partial charge in [0.15, 0.2) is 0 Å². The molecule has 1 N–H and O–H groups in total. The SMILES string of the molecule is CCc1ccc(C(CC2CCC2)NC)cc1CC. The van der Waals surface area contributed by atoms with Gasteiger partial charge < -0.3 is 5.32 Å². The molecular formula is C17H27N. The Hall–Kier alpha value is -0.820. The Kier molecular flexibility index (Phi) is 4.82. The highest BCUT2D eigenvalue weighted by atomic mass is 14.9. The van der Waals surface area contributed by atoms with Crippen LogP contribution >= 0.6 is 0 Å². The largest absolute Gasteiger partial charge is 0.313 e. The highest BCUT2D eigenvalue weighted by molar-refractivity contribution is 5.33. The summed E-state index contributed by atoms with van der Waals surface area (Å²) >= 11 is 0. The normalized spacial score (nSPS) is 17.5. The van der Waals surface area contributed by atoms with Crippen molar-refractivity contribution in [3.8, 4) is 0 Å². The van der Waals surface area contributed by atoms with Gasteiger partial charge in [-0.2, -0.15) is 0 Å². The Morgan fingerprint density at radius 3 is 2.39 bits per heavy atom. The molecule has 1 nitrogen and oxygen atoms in total. The van der Waals surface area contributed by atoms with Gasteiger partial charge in [0.25, 0.3) is 0 Å². The molecule has 1 fully saturated rings. The molecule has 1 heteroatoms. The van der Waals surface area contributed by atoms with Crippen LogP contribution in [0.4, 0.5) is 0 Å². The second-order valence-electron chi connectivity index (χ2n) is 5.61. The minimum absolute atomic E-state index is 0.548. The van der Waals surface area contributed by atoms with E-state index < -0.39 is 0 Å². The highest BCUT2D eigenvalue weighted by Gasteiger charge is 2.22. The van der Waals surface area contributed by atoms with Crippen LogP contribution in [0.5, 0.6) is 0 Å². The Balaban J connectivity index is 2.13. The molecular weight excluding hydrogens is 218 g/mol. The molecule has 1 unspecified atom stereocenters. The molecule has 1 aliphatic rings. The lowest BCUT2D eigenvalue weighted by Gasteiger charge is -2.30. The van der Waals surface area contributed by atoms with E-state index in [0.29, 0.717) is 6.04 Å². The number of hydrogen-bond donors (Lipinski definition) is 1. The van der Waals surface area contributed by atoms with E-state index in [0.717, 1.165) is 18.8 Å². The molecule has 0 aliphatic heterocycles. The van der Waals surface area contributed by atoms with Crippen LogP contribution in [0, 0.1) is 5.92 Å². The number of aryl methyl sites for hydroxylation is 2. The molecule has 0 heterocycles. The smallest absolute Gasteiger partial charge is 0.0320 e. The maximum absolute atomic E-state index is 3.51. The average Bonchev–Trinajstić information content (AvgIpc) is 2.37. The predicted molar refractivity (Wildman–Crippen MR) is 79.0 cm³/mol. The zero-order valence-corrected chi connectivity index (χ0v) is 12.1. The van der Waals surface area contributed by atoms with Crippen LogP contribution in [0.15, 0.2) is 18.2 Å².